The van der Waals surface area contributed by atoms with Crippen LogP contribution in [0, 0.1) is 25.5 Å². The molecule has 26 heavy (non-hydrogen) atoms. The average molecular weight is 353 g/mol. The number of aromatic nitrogens is 1. The summed E-state index contributed by atoms with van der Waals surface area (Å²) in [6.07, 6.45) is 2.94. The topological polar surface area (TPSA) is 54.0 Å². The molecule has 132 valence electrons. The molecule has 2 N–H and O–H groups in total. The summed E-state index contributed by atoms with van der Waals surface area (Å²) in [5, 5.41) is 5.79. The predicted molar refractivity (Wildman–Crippen MR) is 97.7 cm³/mol. The minimum absolute atomic E-state index is 0.302. The van der Waals surface area contributed by atoms with Gasteiger partial charge >= 0.3 is 0 Å². The Morgan fingerprint density at radius 3 is 2.35 bits per heavy atom. The van der Waals surface area contributed by atoms with Gasteiger partial charge in [0.1, 0.15) is 0 Å². The lowest BCUT2D eigenvalue weighted by atomic mass is 10.1. The summed E-state index contributed by atoms with van der Waals surface area (Å²) in [5.74, 6) is -2.17. The van der Waals surface area contributed by atoms with E-state index in [0.717, 1.165) is 28.9 Å². The molecule has 0 aliphatic carbocycles. The van der Waals surface area contributed by atoms with Crippen molar-refractivity contribution in [3.8, 4) is 0 Å². The number of carbonyl (C=O) groups excluding carboxylic acids is 1. The van der Waals surface area contributed by atoms with Crippen molar-refractivity contribution in [3.05, 3.63) is 83.2 Å². The summed E-state index contributed by atoms with van der Waals surface area (Å²) in [7, 11) is 0. The first-order chi connectivity index (χ1) is 12.4. The van der Waals surface area contributed by atoms with Gasteiger partial charge in [-0.05, 0) is 43.2 Å². The summed E-state index contributed by atoms with van der Waals surface area (Å²) in [4.78, 5) is 16.6. The smallest absolute Gasteiger partial charge is 0.257 e. The largest absolute Gasteiger partial charge is 0.354 e. The van der Waals surface area contributed by atoms with Gasteiger partial charge in [-0.2, -0.15) is 0 Å². The molecule has 3 aromatic rings. The quantitative estimate of drug-likeness (QED) is 0.696. The van der Waals surface area contributed by atoms with Crippen molar-refractivity contribution in [2.24, 2.45) is 0 Å². The van der Waals surface area contributed by atoms with Crippen LogP contribution in [0.15, 0.2) is 54.9 Å². The fraction of sp³-hybridized carbons (Fsp3) is 0.100. The monoisotopic (exact) mass is 353 g/mol. The third-order valence-corrected chi connectivity index (χ3v) is 3.93. The number of hydrogen-bond acceptors (Lipinski definition) is 3. The van der Waals surface area contributed by atoms with Gasteiger partial charge in [0, 0.05) is 23.6 Å². The van der Waals surface area contributed by atoms with Gasteiger partial charge < -0.3 is 10.6 Å². The molecular weight excluding hydrogens is 336 g/mol. The molecule has 4 nitrogen and oxygen atoms in total. The van der Waals surface area contributed by atoms with Crippen molar-refractivity contribution >= 4 is 23.0 Å². The van der Waals surface area contributed by atoms with E-state index >= 15 is 0 Å². The van der Waals surface area contributed by atoms with Crippen LogP contribution in [0.25, 0.3) is 0 Å². The molecule has 0 spiro atoms. The number of nitrogens with one attached hydrogen (secondary N) is 2. The molecular formula is C20H17F2N3O. The molecule has 0 unspecified atom stereocenters. The highest BCUT2D eigenvalue weighted by Gasteiger charge is 2.11. The van der Waals surface area contributed by atoms with Gasteiger partial charge in [-0.25, -0.2) is 8.78 Å². The van der Waals surface area contributed by atoms with Crippen molar-refractivity contribution in [1.82, 2.24) is 4.98 Å². The number of carbonyl (C=O) groups is 1. The van der Waals surface area contributed by atoms with E-state index in [4.69, 9.17) is 0 Å². The van der Waals surface area contributed by atoms with E-state index in [1.165, 1.54) is 18.5 Å². The second-order valence-electron chi connectivity index (χ2n) is 5.94. The Labute approximate surface area is 149 Å². The van der Waals surface area contributed by atoms with Gasteiger partial charge in [0.25, 0.3) is 5.91 Å². The van der Waals surface area contributed by atoms with Crippen LogP contribution in [-0.2, 0) is 0 Å². The van der Waals surface area contributed by atoms with E-state index in [-0.39, 0.29) is 5.91 Å². The van der Waals surface area contributed by atoms with Gasteiger partial charge in [0.15, 0.2) is 11.6 Å². The zero-order valence-electron chi connectivity index (χ0n) is 14.3. The molecule has 0 bridgehead atoms. The summed E-state index contributed by atoms with van der Waals surface area (Å²) < 4.78 is 26.3. The maximum Gasteiger partial charge on any atom is 0.257 e. The average Bonchev–Trinajstić information content (AvgIpc) is 2.61. The van der Waals surface area contributed by atoms with Crippen molar-refractivity contribution in [1.29, 1.82) is 0 Å². The zero-order chi connectivity index (χ0) is 18.7. The van der Waals surface area contributed by atoms with E-state index in [9.17, 15) is 13.6 Å². The van der Waals surface area contributed by atoms with E-state index < -0.39 is 11.6 Å². The Balaban J connectivity index is 1.80. The molecule has 0 fully saturated rings. The number of pyridine rings is 1. The van der Waals surface area contributed by atoms with Crippen molar-refractivity contribution < 1.29 is 13.6 Å². The van der Waals surface area contributed by atoms with Crippen molar-refractivity contribution in [3.63, 3.8) is 0 Å². The van der Waals surface area contributed by atoms with E-state index in [1.54, 1.807) is 6.07 Å². The summed E-state index contributed by atoms with van der Waals surface area (Å²) >= 11 is 0. The van der Waals surface area contributed by atoms with E-state index in [1.807, 2.05) is 32.0 Å². The fourth-order valence-electron chi connectivity index (χ4n) is 2.57. The first-order valence-corrected chi connectivity index (χ1v) is 7.99. The van der Waals surface area contributed by atoms with Crippen LogP contribution >= 0.6 is 0 Å². The maximum absolute atomic E-state index is 13.3. The van der Waals surface area contributed by atoms with E-state index in [0.29, 0.717) is 16.9 Å². The molecule has 0 aliphatic heterocycles. The molecule has 1 aromatic heterocycles. The van der Waals surface area contributed by atoms with Gasteiger partial charge in [-0.1, -0.05) is 18.2 Å². The first-order valence-electron chi connectivity index (χ1n) is 7.99. The molecule has 1 amide bonds. The van der Waals surface area contributed by atoms with Crippen LogP contribution in [0.2, 0.25) is 0 Å². The molecule has 0 saturated heterocycles. The molecule has 0 aliphatic rings. The van der Waals surface area contributed by atoms with Crippen molar-refractivity contribution in [2.45, 2.75) is 13.8 Å². The normalized spacial score (nSPS) is 10.5. The Kier molecular flexibility index (Phi) is 4.93. The van der Waals surface area contributed by atoms with Crippen molar-refractivity contribution in [2.75, 3.05) is 10.6 Å². The first kappa shape index (κ1) is 17.5. The zero-order valence-corrected chi connectivity index (χ0v) is 14.3. The minimum Gasteiger partial charge on any atom is -0.354 e. The number of halogens is 2. The van der Waals surface area contributed by atoms with Crippen LogP contribution in [0.5, 0.6) is 0 Å². The third-order valence-electron chi connectivity index (χ3n) is 3.93. The lowest BCUT2D eigenvalue weighted by Crippen LogP contribution is -2.14. The van der Waals surface area contributed by atoms with Gasteiger partial charge in [0.05, 0.1) is 17.4 Å². The lowest BCUT2D eigenvalue weighted by molar-refractivity contribution is 0.102. The predicted octanol–water partition coefficient (Wildman–Crippen LogP) is 4.97. The standard InChI is InChI=1S/C20H17F2N3O/c1-12-4-3-5-13(2)19(12)25-20(26)14-8-16(11-23-10-14)24-15-6-7-17(21)18(22)9-15/h3-11,24H,1-2H3,(H,25,26). The van der Waals surface area contributed by atoms with Gasteiger partial charge in [-0.15, -0.1) is 0 Å². The van der Waals surface area contributed by atoms with E-state index in [2.05, 4.69) is 15.6 Å². The summed E-state index contributed by atoms with van der Waals surface area (Å²) in [5.41, 5.74) is 3.88. The number of benzene rings is 2. The highest BCUT2D eigenvalue weighted by atomic mass is 19.2. The highest BCUT2D eigenvalue weighted by Crippen LogP contribution is 2.22. The van der Waals surface area contributed by atoms with Gasteiger partial charge in [0.2, 0.25) is 0 Å². The molecule has 1 heterocycles. The van der Waals surface area contributed by atoms with Crippen LogP contribution in [-0.4, -0.2) is 10.9 Å². The lowest BCUT2D eigenvalue weighted by Gasteiger charge is -2.12. The number of aryl methyl sites for hydroxylation is 2. The Morgan fingerprint density at radius 2 is 1.65 bits per heavy atom. The number of hydrogen-bond donors (Lipinski definition) is 2. The van der Waals surface area contributed by atoms with Crippen LogP contribution in [0.1, 0.15) is 21.5 Å². The number of amides is 1. The van der Waals surface area contributed by atoms with Gasteiger partial charge in [-0.3, -0.25) is 9.78 Å². The van der Waals surface area contributed by atoms with Crippen LogP contribution in [0.4, 0.5) is 25.8 Å². The summed E-state index contributed by atoms with van der Waals surface area (Å²) in [6, 6.07) is 10.8. The molecule has 0 atom stereocenters. The molecule has 0 saturated carbocycles. The third kappa shape index (κ3) is 3.85. The Hall–Kier alpha value is -3.28. The number of nitrogens with zero attached hydrogens (tertiary/aromatic N) is 1. The molecule has 3 rings (SSSR count). The second kappa shape index (κ2) is 7.31. The number of rotatable bonds is 4. The highest BCUT2D eigenvalue weighted by molar-refractivity contribution is 6.05. The number of para-hydroxylation sites is 1. The SMILES string of the molecule is Cc1cccc(C)c1NC(=O)c1cncc(Nc2ccc(F)c(F)c2)c1. The maximum atomic E-state index is 13.3. The Bertz CT molecular complexity index is 953. The summed E-state index contributed by atoms with van der Waals surface area (Å²) in [6.45, 7) is 3.84. The molecule has 6 heteroatoms. The second-order valence-corrected chi connectivity index (χ2v) is 5.94. The number of anilines is 3. The minimum atomic E-state index is -0.952. The fourth-order valence-corrected chi connectivity index (χ4v) is 2.57. The molecule has 0 radical (unpaired) electrons. The van der Waals surface area contributed by atoms with Crippen LogP contribution < -0.4 is 10.6 Å². The Morgan fingerprint density at radius 1 is 0.923 bits per heavy atom. The molecule has 2 aromatic carbocycles. The van der Waals surface area contributed by atoms with Crippen LogP contribution in [0.3, 0.4) is 0 Å².